The molecule has 0 bridgehead atoms. The molecule has 0 heterocycles. The molecule has 0 fully saturated rings. The maximum absolute atomic E-state index is 12.3. The van der Waals surface area contributed by atoms with Crippen molar-refractivity contribution in [2.75, 3.05) is 13.1 Å². The van der Waals surface area contributed by atoms with Crippen molar-refractivity contribution in [3.05, 3.63) is 64.7 Å². The van der Waals surface area contributed by atoms with E-state index < -0.39 is 5.91 Å². The molecule has 0 aromatic heterocycles. The van der Waals surface area contributed by atoms with Crippen LogP contribution in [-0.2, 0) is 19.4 Å². The summed E-state index contributed by atoms with van der Waals surface area (Å²) in [5, 5.41) is 0. The second kappa shape index (κ2) is 11.2. The first-order valence-corrected chi connectivity index (χ1v) is 10.5. The molecule has 0 saturated heterocycles. The Morgan fingerprint density at radius 3 is 2.41 bits per heavy atom. The van der Waals surface area contributed by atoms with Crippen molar-refractivity contribution in [2.45, 2.75) is 58.6 Å². The standard InChI is InChI=1S/C24H32N2O2.ClH/c1-3-14-26(15-4-2)20-11-12-21-19(16-20)10-13-22(23(21)24(25)27)28-17-18-8-6-5-7-9-18;/h5-10,13,20H,3-4,11-12,14-17H2,1-2H3,(H2,25,27);1H. The lowest BCUT2D eigenvalue weighted by atomic mass is 9.84. The first kappa shape index (κ1) is 23.2. The third kappa shape index (κ3) is 5.74. The van der Waals surface area contributed by atoms with Gasteiger partial charge in [-0.3, -0.25) is 4.79 Å². The Morgan fingerprint density at radius 2 is 1.79 bits per heavy atom. The third-order valence-corrected chi connectivity index (χ3v) is 5.58. The topological polar surface area (TPSA) is 55.6 Å². The molecule has 158 valence electrons. The predicted octanol–water partition coefficient (Wildman–Crippen LogP) is 4.77. The van der Waals surface area contributed by atoms with Crippen LogP contribution in [0.1, 0.15) is 60.2 Å². The first-order valence-electron chi connectivity index (χ1n) is 10.5. The lowest BCUT2D eigenvalue weighted by Crippen LogP contribution is -2.40. The number of fused-ring (bicyclic) bond motifs is 1. The summed E-state index contributed by atoms with van der Waals surface area (Å²) in [6, 6.07) is 14.6. The molecule has 3 rings (SSSR count). The highest BCUT2D eigenvalue weighted by atomic mass is 35.5. The van der Waals surface area contributed by atoms with Crippen LogP contribution >= 0.6 is 12.4 Å². The van der Waals surface area contributed by atoms with Crippen LogP contribution in [0.5, 0.6) is 5.75 Å². The van der Waals surface area contributed by atoms with Crippen LogP contribution in [-0.4, -0.2) is 29.9 Å². The number of nitrogens with zero attached hydrogens (tertiary/aromatic N) is 1. The number of hydrogen-bond acceptors (Lipinski definition) is 3. The van der Waals surface area contributed by atoms with Crippen LogP contribution in [0.25, 0.3) is 0 Å². The zero-order valence-electron chi connectivity index (χ0n) is 17.5. The Morgan fingerprint density at radius 1 is 1.10 bits per heavy atom. The zero-order valence-corrected chi connectivity index (χ0v) is 18.3. The lowest BCUT2D eigenvalue weighted by molar-refractivity contribution is 0.0993. The number of hydrogen-bond donors (Lipinski definition) is 1. The number of carbonyl (C=O) groups is 1. The third-order valence-electron chi connectivity index (χ3n) is 5.58. The fraction of sp³-hybridized carbons (Fsp3) is 0.458. The molecule has 2 aromatic carbocycles. The van der Waals surface area contributed by atoms with E-state index in [9.17, 15) is 4.79 Å². The Kier molecular flexibility index (Phi) is 8.99. The van der Waals surface area contributed by atoms with Crippen LogP contribution in [0.3, 0.4) is 0 Å². The number of benzene rings is 2. The Balaban J connectivity index is 0.00000300. The van der Waals surface area contributed by atoms with Gasteiger partial charge < -0.3 is 15.4 Å². The average molecular weight is 417 g/mol. The largest absolute Gasteiger partial charge is 0.488 e. The normalized spacial score (nSPS) is 15.5. The molecule has 4 nitrogen and oxygen atoms in total. The molecular formula is C24H33ClN2O2. The minimum atomic E-state index is -0.391. The van der Waals surface area contributed by atoms with E-state index in [1.807, 2.05) is 36.4 Å². The van der Waals surface area contributed by atoms with E-state index in [2.05, 4.69) is 24.8 Å². The second-order valence-electron chi connectivity index (χ2n) is 7.65. The zero-order chi connectivity index (χ0) is 19.9. The summed E-state index contributed by atoms with van der Waals surface area (Å²) in [5.41, 5.74) is 9.75. The number of nitrogens with two attached hydrogens (primary N) is 1. The molecule has 5 heteroatoms. The number of amides is 1. The van der Waals surface area contributed by atoms with Gasteiger partial charge in [0.15, 0.2) is 0 Å². The van der Waals surface area contributed by atoms with Gasteiger partial charge in [0, 0.05) is 6.04 Å². The number of rotatable bonds is 9. The molecule has 1 amide bonds. The van der Waals surface area contributed by atoms with Gasteiger partial charge in [-0.05, 0) is 68.0 Å². The highest BCUT2D eigenvalue weighted by Gasteiger charge is 2.28. The molecule has 1 aliphatic rings. The van der Waals surface area contributed by atoms with Gasteiger partial charge in [0.1, 0.15) is 12.4 Å². The fourth-order valence-corrected chi connectivity index (χ4v) is 4.30. The van der Waals surface area contributed by atoms with Crippen LogP contribution < -0.4 is 10.5 Å². The number of ether oxygens (including phenoxy) is 1. The van der Waals surface area contributed by atoms with Gasteiger partial charge in [-0.15, -0.1) is 12.4 Å². The Hall–Kier alpha value is -2.04. The maximum atomic E-state index is 12.3. The van der Waals surface area contributed by atoms with Crippen molar-refractivity contribution >= 4 is 18.3 Å². The van der Waals surface area contributed by atoms with E-state index in [1.54, 1.807) is 0 Å². The van der Waals surface area contributed by atoms with Gasteiger partial charge in [-0.25, -0.2) is 0 Å². The van der Waals surface area contributed by atoms with Crippen molar-refractivity contribution in [2.24, 2.45) is 5.73 Å². The van der Waals surface area contributed by atoms with E-state index in [1.165, 1.54) is 18.4 Å². The summed E-state index contributed by atoms with van der Waals surface area (Å²) in [5.74, 6) is 0.213. The summed E-state index contributed by atoms with van der Waals surface area (Å²) in [6.45, 7) is 7.18. The molecule has 29 heavy (non-hydrogen) atoms. The maximum Gasteiger partial charge on any atom is 0.252 e. The number of primary amides is 1. The molecule has 1 atom stereocenters. The van der Waals surface area contributed by atoms with Crippen molar-refractivity contribution in [3.8, 4) is 5.75 Å². The fourth-order valence-electron chi connectivity index (χ4n) is 4.30. The molecule has 0 radical (unpaired) electrons. The van der Waals surface area contributed by atoms with Crippen LogP contribution in [0.2, 0.25) is 0 Å². The quantitative estimate of drug-likeness (QED) is 0.640. The van der Waals surface area contributed by atoms with E-state index in [4.69, 9.17) is 10.5 Å². The van der Waals surface area contributed by atoms with Gasteiger partial charge in [-0.2, -0.15) is 0 Å². The van der Waals surface area contributed by atoms with Crippen LogP contribution in [0.15, 0.2) is 42.5 Å². The van der Waals surface area contributed by atoms with E-state index >= 15 is 0 Å². The lowest BCUT2D eigenvalue weighted by Gasteiger charge is -2.35. The molecule has 2 N–H and O–H groups in total. The average Bonchev–Trinajstić information content (AvgIpc) is 2.71. The molecule has 1 aliphatic carbocycles. The molecular weight excluding hydrogens is 384 g/mol. The van der Waals surface area contributed by atoms with E-state index in [0.717, 1.165) is 43.5 Å². The Bertz CT molecular complexity index is 789. The molecule has 0 saturated carbocycles. The molecule has 0 aliphatic heterocycles. The predicted molar refractivity (Wildman–Crippen MR) is 121 cm³/mol. The summed E-state index contributed by atoms with van der Waals surface area (Å²) < 4.78 is 5.99. The number of carbonyl (C=O) groups excluding carboxylic acids is 1. The van der Waals surface area contributed by atoms with Gasteiger partial charge in [0.25, 0.3) is 5.91 Å². The highest BCUT2D eigenvalue weighted by Crippen LogP contribution is 2.33. The smallest absolute Gasteiger partial charge is 0.252 e. The van der Waals surface area contributed by atoms with Crippen molar-refractivity contribution in [3.63, 3.8) is 0 Å². The van der Waals surface area contributed by atoms with E-state index in [0.29, 0.717) is 24.0 Å². The summed E-state index contributed by atoms with van der Waals surface area (Å²) in [4.78, 5) is 14.9. The van der Waals surface area contributed by atoms with Crippen molar-refractivity contribution in [1.82, 2.24) is 4.90 Å². The molecule has 2 aromatic rings. The minimum absolute atomic E-state index is 0. The number of halogens is 1. The van der Waals surface area contributed by atoms with Gasteiger partial charge >= 0.3 is 0 Å². The van der Waals surface area contributed by atoms with Gasteiger partial charge in [0.05, 0.1) is 5.56 Å². The molecule has 0 spiro atoms. The summed E-state index contributed by atoms with van der Waals surface area (Å²) in [7, 11) is 0. The Labute approximate surface area is 180 Å². The SMILES string of the molecule is CCCN(CCC)C1CCc2c(ccc(OCc3ccccc3)c2C(N)=O)C1.Cl. The minimum Gasteiger partial charge on any atom is -0.488 e. The monoisotopic (exact) mass is 416 g/mol. The van der Waals surface area contributed by atoms with Crippen LogP contribution in [0, 0.1) is 0 Å². The summed E-state index contributed by atoms with van der Waals surface area (Å²) in [6.07, 6.45) is 5.26. The molecule has 1 unspecified atom stereocenters. The van der Waals surface area contributed by atoms with Gasteiger partial charge in [0.2, 0.25) is 0 Å². The second-order valence-corrected chi connectivity index (χ2v) is 7.65. The summed E-state index contributed by atoms with van der Waals surface area (Å²) >= 11 is 0. The highest BCUT2D eigenvalue weighted by molar-refractivity contribution is 5.97. The van der Waals surface area contributed by atoms with Crippen molar-refractivity contribution < 1.29 is 9.53 Å². The van der Waals surface area contributed by atoms with Gasteiger partial charge in [-0.1, -0.05) is 50.2 Å². The van der Waals surface area contributed by atoms with E-state index in [-0.39, 0.29) is 12.4 Å². The first-order chi connectivity index (χ1) is 13.6. The van der Waals surface area contributed by atoms with Crippen LogP contribution in [0.4, 0.5) is 0 Å². The van der Waals surface area contributed by atoms with Crippen molar-refractivity contribution in [1.29, 1.82) is 0 Å².